The fourth-order valence-corrected chi connectivity index (χ4v) is 3.26. The van der Waals surface area contributed by atoms with E-state index in [1.54, 1.807) is 30.3 Å². The first-order valence-corrected chi connectivity index (χ1v) is 11.0. The summed E-state index contributed by atoms with van der Waals surface area (Å²) in [6.45, 7) is -0.463. The number of halogens is 2. The smallest absolute Gasteiger partial charge is 0.329 e. The van der Waals surface area contributed by atoms with Crippen LogP contribution in [0.1, 0.15) is 5.56 Å². The molecule has 37 heavy (non-hydrogen) atoms. The molecule has 0 fully saturated rings. The Kier molecular flexibility index (Phi) is 9.39. The van der Waals surface area contributed by atoms with E-state index in [-0.39, 0.29) is 22.2 Å². The van der Waals surface area contributed by atoms with Gasteiger partial charge < -0.3 is 24.8 Å². The van der Waals surface area contributed by atoms with Crippen LogP contribution in [0.3, 0.4) is 0 Å². The first-order valence-electron chi connectivity index (χ1n) is 10.6. The second-order valence-corrected chi connectivity index (χ2v) is 7.61. The van der Waals surface area contributed by atoms with Gasteiger partial charge in [-0.3, -0.25) is 14.4 Å². The Labute approximate surface area is 216 Å². The van der Waals surface area contributed by atoms with Crippen LogP contribution in [0.2, 0.25) is 5.02 Å². The molecule has 3 aromatic carbocycles. The third-order valence-corrected chi connectivity index (χ3v) is 4.97. The maximum Gasteiger partial charge on any atom is 0.329 e. The number of nitrogens with one attached hydrogen (secondary N) is 3. The molecule has 0 saturated heterocycles. The van der Waals surface area contributed by atoms with Crippen LogP contribution in [0.25, 0.3) is 0 Å². The number of ether oxygens (including phenoxy) is 3. The zero-order valence-corrected chi connectivity index (χ0v) is 20.5. The molecule has 3 N–H and O–H groups in total. The van der Waals surface area contributed by atoms with Gasteiger partial charge in [0.2, 0.25) is 0 Å². The molecule has 0 radical (unpaired) electrons. The highest BCUT2D eigenvalue weighted by Gasteiger charge is 2.16. The van der Waals surface area contributed by atoms with Gasteiger partial charge in [-0.15, -0.1) is 0 Å². The number of carbonyl (C=O) groups excluding carboxylic acids is 3. The molecule has 0 aliphatic carbocycles. The molecule has 0 unspecified atom stereocenters. The Morgan fingerprint density at radius 3 is 2.30 bits per heavy atom. The molecule has 0 bridgehead atoms. The fourth-order valence-electron chi connectivity index (χ4n) is 2.98. The first-order chi connectivity index (χ1) is 17.8. The summed E-state index contributed by atoms with van der Waals surface area (Å²) in [5.41, 5.74) is 2.84. The first kappa shape index (κ1) is 27.0. The van der Waals surface area contributed by atoms with E-state index >= 15 is 0 Å². The zero-order chi connectivity index (χ0) is 26.8. The van der Waals surface area contributed by atoms with Gasteiger partial charge in [0.05, 0.1) is 36.8 Å². The summed E-state index contributed by atoms with van der Waals surface area (Å²) in [5, 5.41) is 8.65. The molecule has 0 saturated carbocycles. The van der Waals surface area contributed by atoms with E-state index in [1.807, 2.05) is 0 Å². The van der Waals surface area contributed by atoms with Gasteiger partial charge in [0.15, 0.2) is 18.1 Å². The van der Waals surface area contributed by atoms with Crippen molar-refractivity contribution in [2.24, 2.45) is 5.10 Å². The lowest BCUT2D eigenvalue weighted by Gasteiger charge is -2.13. The van der Waals surface area contributed by atoms with Crippen LogP contribution in [-0.4, -0.2) is 44.8 Å². The second kappa shape index (κ2) is 12.9. The summed E-state index contributed by atoms with van der Waals surface area (Å²) in [6, 6.07) is 15.2. The summed E-state index contributed by atoms with van der Waals surface area (Å²) in [6.07, 6.45) is 1.23. The minimum atomic E-state index is -1.01. The number of nitrogens with zero attached hydrogens (tertiary/aromatic N) is 1. The highest BCUT2D eigenvalue weighted by molar-refractivity contribution is 6.39. The lowest BCUT2D eigenvalue weighted by atomic mass is 10.2. The zero-order valence-electron chi connectivity index (χ0n) is 19.7. The number of hydrogen-bond donors (Lipinski definition) is 3. The number of hydrogen-bond acceptors (Lipinski definition) is 7. The van der Waals surface area contributed by atoms with Gasteiger partial charge in [-0.1, -0.05) is 35.9 Å². The van der Waals surface area contributed by atoms with E-state index in [4.69, 9.17) is 25.8 Å². The van der Waals surface area contributed by atoms with Crippen molar-refractivity contribution in [1.29, 1.82) is 0 Å². The van der Waals surface area contributed by atoms with Crippen molar-refractivity contribution >= 4 is 46.9 Å². The summed E-state index contributed by atoms with van der Waals surface area (Å²) in [7, 11) is 2.80. The van der Waals surface area contributed by atoms with Crippen molar-refractivity contribution in [1.82, 2.24) is 5.43 Å². The summed E-state index contributed by atoms with van der Waals surface area (Å²) in [4.78, 5) is 36.3. The minimum absolute atomic E-state index is 0.0133. The molecule has 0 aliphatic heterocycles. The van der Waals surface area contributed by atoms with Crippen LogP contribution in [0, 0.1) is 5.82 Å². The normalized spacial score (nSPS) is 10.5. The summed E-state index contributed by atoms with van der Waals surface area (Å²) < 4.78 is 29.6. The molecule has 3 rings (SSSR count). The SMILES string of the molecule is COc1ccccc1NC(=O)C(=O)N/N=C\c1cc(Cl)c(OCC(=O)Nc2ccccc2F)c(OC)c1. The Morgan fingerprint density at radius 1 is 0.919 bits per heavy atom. The number of rotatable bonds is 9. The number of carbonyl (C=O) groups is 3. The van der Waals surface area contributed by atoms with Gasteiger partial charge in [0, 0.05) is 0 Å². The van der Waals surface area contributed by atoms with Crippen molar-refractivity contribution in [2.75, 3.05) is 31.5 Å². The maximum absolute atomic E-state index is 13.7. The van der Waals surface area contributed by atoms with Crippen LogP contribution in [0.4, 0.5) is 15.8 Å². The van der Waals surface area contributed by atoms with Crippen molar-refractivity contribution in [3.8, 4) is 17.2 Å². The van der Waals surface area contributed by atoms with Gasteiger partial charge >= 0.3 is 11.8 Å². The minimum Gasteiger partial charge on any atom is -0.495 e. The van der Waals surface area contributed by atoms with E-state index in [2.05, 4.69) is 21.2 Å². The molecule has 3 aromatic rings. The molecule has 192 valence electrons. The maximum atomic E-state index is 13.7. The average Bonchev–Trinajstić information content (AvgIpc) is 2.89. The highest BCUT2D eigenvalue weighted by Crippen LogP contribution is 2.36. The molecule has 0 aliphatic rings. The van der Waals surface area contributed by atoms with E-state index in [0.717, 1.165) is 0 Å². The Morgan fingerprint density at radius 2 is 1.59 bits per heavy atom. The number of benzene rings is 3. The van der Waals surface area contributed by atoms with E-state index in [1.165, 1.54) is 50.8 Å². The van der Waals surface area contributed by atoms with Crippen LogP contribution in [0.15, 0.2) is 65.8 Å². The standard InChI is InChI=1S/C25H22ClFN4O6/c1-35-20-10-6-5-9-19(20)30-24(33)25(34)31-28-13-15-11-16(26)23(21(12-15)36-2)37-14-22(32)29-18-8-4-3-7-17(18)27/h3-13H,14H2,1-2H3,(H,29,32)(H,30,33)(H,31,34)/b28-13-. The molecule has 0 spiro atoms. The highest BCUT2D eigenvalue weighted by atomic mass is 35.5. The van der Waals surface area contributed by atoms with Gasteiger partial charge in [-0.05, 0) is 42.0 Å². The summed E-state index contributed by atoms with van der Waals surface area (Å²) >= 11 is 6.27. The van der Waals surface area contributed by atoms with Crippen molar-refractivity contribution in [2.45, 2.75) is 0 Å². The summed E-state index contributed by atoms with van der Waals surface area (Å²) in [5.74, 6) is -2.52. The fraction of sp³-hybridized carbons (Fsp3) is 0.120. The van der Waals surface area contributed by atoms with E-state index in [0.29, 0.717) is 17.0 Å². The molecule has 0 aromatic heterocycles. The lowest BCUT2D eigenvalue weighted by Crippen LogP contribution is -2.32. The molecule has 0 heterocycles. The third-order valence-electron chi connectivity index (χ3n) is 4.69. The predicted octanol–water partition coefficient (Wildman–Crippen LogP) is 3.60. The van der Waals surface area contributed by atoms with E-state index < -0.39 is 30.1 Å². The van der Waals surface area contributed by atoms with Crippen molar-refractivity contribution in [3.63, 3.8) is 0 Å². The number of hydrazone groups is 1. The molecular formula is C25H22ClFN4O6. The van der Waals surface area contributed by atoms with E-state index in [9.17, 15) is 18.8 Å². The Hall–Kier alpha value is -4.64. The van der Waals surface area contributed by atoms with Crippen molar-refractivity contribution in [3.05, 3.63) is 77.1 Å². The van der Waals surface area contributed by atoms with Crippen LogP contribution < -0.4 is 30.3 Å². The molecule has 0 atom stereocenters. The number of para-hydroxylation sites is 3. The molecule has 10 nitrogen and oxygen atoms in total. The van der Waals surface area contributed by atoms with Gasteiger partial charge in [-0.2, -0.15) is 5.10 Å². The third kappa shape index (κ3) is 7.42. The molecular weight excluding hydrogens is 507 g/mol. The van der Waals surface area contributed by atoms with Crippen molar-refractivity contribution < 1.29 is 33.0 Å². The lowest BCUT2D eigenvalue weighted by molar-refractivity contribution is -0.136. The van der Waals surface area contributed by atoms with Crippen LogP contribution in [-0.2, 0) is 14.4 Å². The Bertz CT molecular complexity index is 1330. The van der Waals surface area contributed by atoms with Gasteiger partial charge in [-0.25, -0.2) is 9.82 Å². The van der Waals surface area contributed by atoms with Crippen LogP contribution in [0.5, 0.6) is 17.2 Å². The quantitative estimate of drug-likeness (QED) is 0.221. The number of anilines is 2. The Balaban J connectivity index is 1.59. The number of amides is 3. The molecule has 12 heteroatoms. The predicted molar refractivity (Wildman–Crippen MR) is 136 cm³/mol. The monoisotopic (exact) mass is 528 g/mol. The molecule has 3 amide bonds. The van der Waals surface area contributed by atoms with Crippen LogP contribution >= 0.6 is 11.6 Å². The number of methoxy groups -OCH3 is 2. The topological polar surface area (TPSA) is 127 Å². The second-order valence-electron chi connectivity index (χ2n) is 7.20. The van der Waals surface area contributed by atoms with Gasteiger partial charge in [0.25, 0.3) is 5.91 Å². The average molecular weight is 529 g/mol. The van der Waals surface area contributed by atoms with Gasteiger partial charge in [0.1, 0.15) is 11.6 Å². The largest absolute Gasteiger partial charge is 0.495 e.